The Kier molecular flexibility index (Phi) is 7.79. The molecule has 0 bridgehead atoms. The van der Waals surface area contributed by atoms with Crippen molar-refractivity contribution in [2.24, 2.45) is 4.99 Å². The van der Waals surface area contributed by atoms with E-state index in [0.29, 0.717) is 37.0 Å². The van der Waals surface area contributed by atoms with E-state index >= 15 is 0 Å². The van der Waals surface area contributed by atoms with Crippen molar-refractivity contribution in [3.8, 4) is 11.6 Å². The molecule has 146 valence electrons. The molecule has 0 unspecified atom stereocenters. The van der Waals surface area contributed by atoms with E-state index in [4.69, 9.17) is 4.74 Å². The van der Waals surface area contributed by atoms with Crippen LogP contribution in [0.15, 0.2) is 41.5 Å². The van der Waals surface area contributed by atoms with Crippen LogP contribution in [0, 0.1) is 6.92 Å². The summed E-state index contributed by atoms with van der Waals surface area (Å²) in [6.07, 6.45) is 1.66. The maximum absolute atomic E-state index is 12.6. The zero-order valence-corrected chi connectivity index (χ0v) is 15.6. The van der Waals surface area contributed by atoms with Gasteiger partial charge in [0.15, 0.2) is 5.96 Å². The second kappa shape index (κ2) is 10.3. The number of benzene rings is 1. The van der Waals surface area contributed by atoms with Crippen LogP contribution in [0.2, 0.25) is 0 Å². The van der Waals surface area contributed by atoms with Crippen LogP contribution in [0.4, 0.5) is 8.78 Å². The molecular formula is C19H24F2N4O2. The Balaban J connectivity index is 2.08. The number of nitrogens with zero attached hydrogens (tertiary/aromatic N) is 2. The fourth-order valence-corrected chi connectivity index (χ4v) is 2.41. The van der Waals surface area contributed by atoms with Crippen LogP contribution in [0.5, 0.6) is 11.6 Å². The zero-order valence-electron chi connectivity index (χ0n) is 15.6. The highest BCUT2D eigenvalue weighted by molar-refractivity contribution is 5.79. The van der Waals surface area contributed by atoms with Gasteiger partial charge in [0.25, 0.3) is 0 Å². The molecular weight excluding hydrogens is 354 g/mol. The first-order valence-electron chi connectivity index (χ1n) is 8.57. The van der Waals surface area contributed by atoms with Crippen LogP contribution in [0.3, 0.4) is 0 Å². The second-order valence-electron chi connectivity index (χ2n) is 5.74. The molecule has 0 fully saturated rings. The number of nitrogens with one attached hydrogen (secondary N) is 2. The molecule has 0 aliphatic heterocycles. The maximum atomic E-state index is 12.6. The number of aliphatic imine (C=N–C) groups is 1. The molecule has 1 aromatic carbocycles. The third kappa shape index (κ3) is 6.73. The first-order valence-corrected chi connectivity index (χ1v) is 8.57. The Morgan fingerprint density at radius 1 is 1.22 bits per heavy atom. The van der Waals surface area contributed by atoms with Gasteiger partial charge in [0.2, 0.25) is 5.88 Å². The number of alkyl halides is 2. The van der Waals surface area contributed by atoms with Gasteiger partial charge < -0.3 is 20.1 Å². The minimum atomic E-state index is -2.87. The molecule has 0 saturated heterocycles. The van der Waals surface area contributed by atoms with Gasteiger partial charge >= 0.3 is 6.61 Å². The number of methoxy groups -OCH3 is 1. The van der Waals surface area contributed by atoms with Gasteiger partial charge in [-0.05, 0) is 31.5 Å². The molecule has 0 amide bonds. The molecule has 0 atom stereocenters. The third-order valence-corrected chi connectivity index (χ3v) is 3.65. The number of hydrogen-bond acceptors (Lipinski definition) is 4. The number of ether oxygens (including phenoxy) is 2. The lowest BCUT2D eigenvalue weighted by molar-refractivity contribution is -0.0504. The summed E-state index contributed by atoms with van der Waals surface area (Å²) in [4.78, 5) is 8.57. The summed E-state index contributed by atoms with van der Waals surface area (Å²) in [5, 5.41) is 6.27. The number of aromatic nitrogens is 1. The highest BCUT2D eigenvalue weighted by Crippen LogP contribution is 2.22. The summed E-state index contributed by atoms with van der Waals surface area (Å²) < 4.78 is 34.9. The molecule has 1 heterocycles. The van der Waals surface area contributed by atoms with E-state index in [1.807, 2.05) is 32.0 Å². The number of halogens is 2. The van der Waals surface area contributed by atoms with Crippen molar-refractivity contribution in [3.05, 3.63) is 53.2 Å². The predicted octanol–water partition coefficient (Wildman–Crippen LogP) is 3.26. The summed E-state index contributed by atoms with van der Waals surface area (Å²) in [5.41, 5.74) is 2.53. The van der Waals surface area contributed by atoms with Gasteiger partial charge in [0.1, 0.15) is 5.75 Å². The van der Waals surface area contributed by atoms with Crippen molar-refractivity contribution >= 4 is 5.96 Å². The normalized spacial score (nSPS) is 11.4. The van der Waals surface area contributed by atoms with Crippen LogP contribution >= 0.6 is 0 Å². The van der Waals surface area contributed by atoms with E-state index in [1.165, 1.54) is 0 Å². The molecule has 0 saturated carbocycles. The van der Waals surface area contributed by atoms with Crippen LogP contribution in [0.25, 0.3) is 0 Å². The molecule has 0 spiro atoms. The number of rotatable bonds is 8. The Morgan fingerprint density at radius 3 is 2.74 bits per heavy atom. The monoisotopic (exact) mass is 378 g/mol. The van der Waals surface area contributed by atoms with E-state index < -0.39 is 6.61 Å². The summed E-state index contributed by atoms with van der Waals surface area (Å²) in [7, 11) is 1.56. The molecule has 8 heteroatoms. The van der Waals surface area contributed by atoms with E-state index in [-0.39, 0.29) is 5.75 Å². The topological polar surface area (TPSA) is 67.8 Å². The average Bonchev–Trinajstić information content (AvgIpc) is 2.65. The largest absolute Gasteiger partial charge is 0.481 e. The van der Waals surface area contributed by atoms with Crippen molar-refractivity contribution in [1.29, 1.82) is 0 Å². The summed E-state index contributed by atoms with van der Waals surface area (Å²) in [6, 6.07) is 8.75. The molecule has 6 nitrogen and oxygen atoms in total. The van der Waals surface area contributed by atoms with Crippen LogP contribution in [-0.2, 0) is 13.1 Å². The lowest BCUT2D eigenvalue weighted by Gasteiger charge is -2.15. The fraction of sp³-hybridized carbons (Fsp3) is 0.368. The van der Waals surface area contributed by atoms with E-state index in [0.717, 1.165) is 11.1 Å². The van der Waals surface area contributed by atoms with Gasteiger partial charge in [-0.1, -0.05) is 17.7 Å². The van der Waals surface area contributed by atoms with Crippen LogP contribution in [0.1, 0.15) is 23.6 Å². The maximum Gasteiger partial charge on any atom is 0.387 e. The molecule has 2 aromatic rings. The molecule has 0 radical (unpaired) electrons. The van der Waals surface area contributed by atoms with Gasteiger partial charge in [-0.3, -0.25) is 0 Å². The molecule has 27 heavy (non-hydrogen) atoms. The lowest BCUT2D eigenvalue weighted by Crippen LogP contribution is -2.36. The minimum absolute atomic E-state index is 0.151. The number of aryl methyl sites for hydroxylation is 1. The van der Waals surface area contributed by atoms with Gasteiger partial charge in [0.05, 0.1) is 13.7 Å². The van der Waals surface area contributed by atoms with Crippen molar-refractivity contribution in [2.45, 2.75) is 33.5 Å². The van der Waals surface area contributed by atoms with Crippen molar-refractivity contribution < 1.29 is 18.3 Å². The summed E-state index contributed by atoms with van der Waals surface area (Å²) in [5.74, 6) is 1.24. The van der Waals surface area contributed by atoms with Gasteiger partial charge in [0, 0.05) is 30.9 Å². The summed E-state index contributed by atoms with van der Waals surface area (Å²) in [6.45, 7) is 2.36. The standard InChI is InChI=1S/C19H24F2N4O2/c1-4-22-19(24-11-14-7-8-23-17(10-14)26-3)25-12-15-9-13(2)5-6-16(15)27-18(20)21/h5-10,18H,4,11-12H2,1-3H3,(H2,22,24,25). The van der Waals surface area contributed by atoms with E-state index in [2.05, 4.69) is 25.3 Å². The first kappa shape index (κ1) is 20.4. The zero-order chi connectivity index (χ0) is 19.6. The lowest BCUT2D eigenvalue weighted by atomic mass is 10.1. The molecule has 2 N–H and O–H groups in total. The molecule has 2 rings (SSSR count). The van der Waals surface area contributed by atoms with Crippen LogP contribution < -0.4 is 20.1 Å². The highest BCUT2D eigenvalue weighted by atomic mass is 19.3. The van der Waals surface area contributed by atoms with E-state index in [9.17, 15) is 8.78 Å². The van der Waals surface area contributed by atoms with Gasteiger partial charge in [-0.2, -0.15) is 8.78 Å². The SMILES string of the molecule is CCNC(=NCc1ccnc(OC)c1)NCc1cc(C)ccc1OC(F)F. The van der Waals surface area contributed by atoms with Crippen LogP contribution in [-0.4, -0.2) is 31.2 Å². The highest BCUT2D eigenvalue weighted by Gasteiger charge is 2.10. The summed E-state index contributed by atoms with van der Waals surface area (Å²) >= 11 is 0. The van der Waals surface area contributed by atoms with Crippen molar-refractivity contribution in [1.82, 2.24) is 15.6 Å². The van der Waals surface area contributed by atoms with Crippen molar-refractivity contribution in [3.63, 3.8) is 0 Å². The smallest absolute Gasteiger partial charge is 0.387 e. The molecule has 1 aromatic heterocycles. The van der Waals surface area contributed by atoms with Gasteiger partial charge in [-0.15, -0.1) is 0 Å². The average molecular weight is 378 g/mol. The van der Waals surface area contributed by atoms with Gasteiger partial charge in [-0.25, -0.2) is 9.98 Å². The third-order valence-electron chi connectivity index (χ3n) is 3.65. The van der Waals surface area contributed by atoms with E-state index in [1.54, 1.807) is 25.4 Å². The minimum Gasteiger partial charge on any atom is -0.481 e. The number of guanidine groups is 1. The fourth-order valence-electron chi connectivity index (χ4n) is 2.41. The Labute approximate surface area is 157 Å². The number of pyridine rings is 1. The Bertz CT molecular complexity index is 769. The first-order chi connectivity index (χ1) is 13.0. The Morgan fingerprint density at radius 2 is 2.04 bits per heavy atom. The molecule has 0 aliphatic rings. The quantitative estimate of drug-likeness (QED) is 0.545. The number of hydrogen-bond donors (Lipinski definition) is 2. The van der Waals surface area contributed by atoms with Crippen molar-refractivity contribution in [2.75, 3.05) is 13.7 Å². The Hall–Kier alpha value is -2.90. The molecule has 0 aliphatic carbocycles. The predicted molar refractivity (Wildman–Crippen MR) is 100 cm³/mol. The second-order valence-corrected chi connectivity index (χ2v) is 5.74.